The zero-order valence-electron chi connectivity index (χ0n) is 19.2. The highest BCUT2D eigenvalue weighted by molar-refractivity contribution is 8.01. The summed E-state index contributed by atoms with van der Waals surface area (Å²) in [7, 11) is 0. The Morgan fingerprint density at radius 3 is 2.76 bits per heavy atom. The van der Waals surface area contributed by atoms with Gasteiger partial charge in [0.05, 0.1) is 23.8 Å². The number of amides is 2. The van der Waals surface area contributed by atoms with Crippen LogP contribution in [0, 0.1) is 0 Å². The zero-order chi connectivity index (χ0) is 26.3. The molecule has 2 aromatic heterocycles. The third kappa shape index (κ3) is 8.39. The molecule has 0 spiro atoms. The molecule has 16 heteroatoms. The topological polar surface area (TPSA) is 117 Å². The number of urea groups is 1. The number of hydrogen-bond donors (Lipinski definition) is 3. The summed E-state index contributed by atoms with van der Waals surface area (Å²) in [4.78, 5) is 23.0. The van der Waals surface area contributed by atoms with Crippen LogP contribution in [0.3, 0.4) is 0 Å². The molecule has 0 aliphatic carbocycles. The van der Waals surface area contributed by atoms with Crippen LogP contribution >= 0.6 is 34.7 Å². The lowest BCUT2D eigenvalue weighted by atomic mass is 10.2. The third-order valence-corrected chi connectivity index (χ3v) is 7.20. The van der Waals surface area contributed by atoms with Gasteiger partial charge in [0.25, 0.3) is 0 Å². The fourth-order valence-electron chi connectivity index (χ4n) is 3.31. The Morgan fingerprint density at radius 2 is 1.97 bits per heavy atom. The molecular formula is C21H22ClF3N8O2S2. The number of benzene rings is 1. The van der Waals surface area contributed by atoms with Gasteiger partial charge in [-0.25, -0.2) is 14.8 Å². The second kappa shape index (κ2) is 12.7. The van der Waals surface area contributed by atoms with Crippen molar-refractivity contribution in [3.8, 4) is 0 Å². The van der Waals surface area contributed by atoms with Gasteiger partial charge in [-0.15, -0.1) is 10.2 Å². The first kappa shape index (κ1) is 27.3. The zero-order valence-corrected chi connectivity index (χ0v) is 21.6. The molecule has 3 N–H and O–H groups in total. The summed E-state index contributed by atoms with van der Waals surface area (Å²) < 4.78 is 44.9. The first-order valence-corrected chi connectivity index (χ1v) is 13.1. The summed E-state index contributed by atoms with van der Waals surface area (Å²) in [6, 6.07) is 4.11. The molecule has 0 bridgehead atoms. The van der Waals surface area contributed by atoms with Gasteiger partial charge < -0.3 is 15.4 Å². The lowest BCUT2D eigenvalue weighted by molar-refractivity contribution is -0.137. The Kier molecular flexibility index (Phi) is 9.37. The standard InChI is InChI=1S/C21H22ClF3N8O2S2/c22-15-3-2-13(10-14(15)21(23,24)25)29-18(34)30-19-31-32-20(37-19)36-17-11-16(27-12-28-17)26-4-1-5-33-6-8-35-9-7-33/h2-3,10-12H,1,4-9H2,(H,26,27,28)(H2,29,30,31,34). The van der Waals surface area contributed by atoms with E-state index in [1.807, 2.05) is 0 Å². The number of rotatable bonds is 9. The number of anilines is 3. The van der Waals surface area contributed by atoms with Gasteiger partial charge in [0, 0.05) is 31.4 Å². The second-order valence-corrected chi connectivity index (χ2v) is 10.4. The number of halogens is 4. The van der Waals surface area contributed by atoms with E-state index >= 15 is 0 Å². The highest BCUT2D eigenvalue weighted by atomic mass is 35.5. The number of aromatic nitrogens is 4. The van der Waals surface area contributed by atoms with Gasteiger partial charge in [-0.05, 0) is 42.9 Å². The Morgan fingerprint density at radius 1 is 1.16 bits per heavy atom. The predicted molar refractivity (Wildman–Crippen MR) is 136 cm³/mol. The van der Waals surface area contributed by atoms with Gasteiger partial charge in [0.2, 0.25) is 5.13 Å². The Balaban J connectivity index is 1.26. The van der Waals surface area contributed by atoms with E-state index in [0.29, 0.717) is 15.2 Å². The van der Waals surface area contributed by atoms with Gasteiger partial charge >= 0.3 is 12.2 Å². The van der Waals surface area contributed by atoms with E-state index in [2.05, 4.69) is 41.0 Å². The fraction of sp³-hybridized carbons (Fsp3) is 0.381. The molecule has 0 saturated carbocycles. The SMILES string of the molecule is O=C(Nc1ccc(Cl)c(C(F)(F)F)c1)Nc1nnc(Sc2cc(NCCCN3CCOCC3)ncn2)s1. The van der Waals surface area contributed by atoms with Gasteiger partial charge in [-0.1, -0.05) is 22.9 Å². The summed E-state index contributed by atoms with van der Waals surface area (Å²) in [5.41, 5.74) is -1.11. The first-order chi connectivity index (χ1) is 17.8. The van der Waals surface area contributed by atoms with Crippen LogP contribution in [-0.4, -0.2) is 70.5 Å². The molecule has 0 radical (unpaired) electrons. The molecule has 1 fully saturated rings. The maximum Gasteiger partial charge on any atom is 0.417 e. The van der Waals surface area contributed by atoms with E-state index < -0.39 is 22.8 Å². The van der Waals surface area contributed by atoms with E-state index in [4.69, 9.17) is 16.3 Å². The van der Waals surface area contributed by atoms with Crippen molar-refractivity contribution in [3.63, 3.8) is 0 Å². The molecule has 0 atom stereocenters. The van der Waals surface area contributed by atoms with Crippen molar-refractivity contribution in [2.24, 2.45) is 0 Å². The number of nitrogens with zero attached hydrogens (tertiary/aromatic N) is 5. The number of hydrogen-bond acceptors (Lipinski definition) is 10. The molecule has 4 rings (SSSR count). The largest absolute Gasteiger partial charge is 0.417 e. The van der Waals surface area contributed by atoms with E-state index in [1.54, 1.807) is 6.07 Å². The number of morpholine rings is 1. The molecule has 1 aliphatic rings. The van der Waals surface area contributed by atoms with Crippen molar-refractivity contribution in [2.45, 2.75) is 22.0 Å². The summed E-state index contributed by atoms with van der Waals surface area (Å²) in [6.45, 7) is 5.21. The molecular weight excluding hydrogens is 553 g/mol. The molecule has 2 amide bonds. The molecule has 1 aliphatic heterocycles. The number of nitrogens with one attached hydrogen (secondary N) is 3. The highest BCUT2D eigenvalue weighted by Crippen LogP contribution is 2.36. The van der Waals surface area contributed by atoms with Crippen molar-refractivity contribution >= 4 is 57.4 Å². The second-order valence-electron chi connectivity index (χ2n) is 7.72. The quantitative estimate of drug-likeness (QED) is 0.186. The van der Waals surface area contributed by atoms with Crippen molar-refractivity contribution in [2.75, 3.05) is 55.3 Å². The van der Waals surface area contributed by atoms with Gasteiger partial charge in [-0.3, -0.25) is 10.2 Å². The van der Waals surface area contributed by atoms with Crippen LogP contribution in [0.1, 0.15) is 12.0 Å². The molecule has 3 aromatic rings. The third-order valence-electron chi connectivity index (χ3n) is 5.05. The lowest BCUT2D eigenvalue weighted by Crippen LogP contribution is -2.37. The average molecular weight is 575 g/mol. The number of carbonyl (C=O) groups excluding carboxylic acids is 1. The van der Waals surface area contributed by atoms with Gasteiger partial charge in [0.15, 0.2) is 4.34 Å². The van der Waals surface area contributed by atoms with Crippen LogP contribution in [0.2, 0.25) is 5.02 Å². The minimum absolute atomic E-state index is 0.0701. The summed E-state index contributed by atoms with van der Waals surface area (Å²) >= 11 is 7.93. The van der Waals surface area contributed by atoms with Gasteiger partial charge in [0.1, 0.15) is 17.2 Å². The predicted octanol–water partition coefficient (Wildman–Crippen LogP) is 4.93. The number of ether oxygens (including phenoxy) is 1. The molecule has 1 aromatic carbocycles. The molecule has 3 heterocycles. The van der Waals surface area contributed by atoms with Crippen LogP contribution in [0.25, 0.3) is 0 Å². The number of carbonyl (C=O) groups is 1. The van der Waals surface area contributed by atoms with Crippen LogP contribution in [-0.2, 0) is 10.9 Å². The maximum absolute atomic E-state index is 13.0. The summed E-state index contributed by atoms with van der Waals surface area (Å²) in [5.74, 6) is 0.683. The van der Waals surface area contributed by atoms with E-state index in [1.165, 1.54) is 24.2 Å². The maximum atomic E-state index is 13.0. The smallest absolute Gasteiger partial charge is 0.379 e. The van der Waals surface area contributed by atoms with Crippen molar-refractivity contribution in [1.29, 1.82) is 0 Å². The molecule has 1 saturated heterocycles. The van der Waals surface area contributed by atoms with Crippen LogP contribution < -0.4 is 16.0 Å². The Labute approximate surface area is 223 Å². The summed E-state index contributed by atoms with van der Waals surface area (Å²) in [5, 5.41) is 16.3. The van der Waals surface area contributed by atoms with Crippen molar-refractivity contribution < 1.29 is 22.7 Å². The van der Waals surface area contributed by atoms with E-state index in [-0.39, 0.29) is 10.8 Å². The van der Waals surface area contributed by atoms with Crippen LogP contribution in [0.4, 0.5) is 34.6 Å². The monoisotopic (exact) mass is 574 g/mol. The molecule has 198 valence electrons. The fourth-order valence-corrected chi connectivity index (χ4v) is 5.19. The molecule has 10 nitrogen and oxygen atoms in total. The minimum Gasteiger partial charge on any atom is -0.379 e. The molecule has 0 unspecified atom stereocenters. The summed E-state index contributed by atoms with van der Waals surface area (Å²) in [6.07, 6.45) is -2.23. The highest BCUT2D eigenvalue weighted by Gasteiger charge is 2.33. The average Bonchev–Trinajstić information content (AvgIpc) is 3.29. The Bertz CT molecular complexity index is 1210. The minimum atomic E-state index is -4.64. The lowest BCUT2D eigenvalue weighted by Gasteiger charge is -2.26. The first-order valence-electron chi connectivity index (χ1n) is 11.1. The number of alkyl halides is 3. The van der Waals surface area contributed by atoms with E-state index in [0.717, 1.165) is 69.3 Å². The van der Waals surface area contributed by atoms with Crippen LogP contribution in [0.15, 0.2) is 40.0 Å². The normalized spacial score (nSPS) is 14.4. The van der Waals surface area contributed by atoms with Crippen molar-refractivity contribution in [3.05, 3.63) is 41.2 Å². The van der Waals surface area contributed by atoms with Crippen LogP contribution in [0.5, 0.6) is 0 Å². The Hall–Kier alpha value is -2.72. The molecule has 37 heavy (non-hydrogen) atoms. The van der Waals surface area contributed by atoms with E-state index in [9.17, 15) is 18.0 Å². The van der Waals surface area contributed by atoms with Crippen molar-refractivity contribution in [1.82, 2.24) is 25.1 Å². The van der Waals surface area contributed by atoms with Gasteiger partial charge in [-0.2, -0.15) is 13.2 Å².